The van der Waals surface area contributed by atoms with Gasteiger partial charge in [0.15, 0.2) is 11.9 Å². The Kier molecular flexibility index (Phi) is 7.10. The molecule has 5 nitrogen and oxygen atoms in total. The van der Waals surface area contributed by atoms with Crippen LogP contribution in [0.5, 0.6) is 17.2 Å². The van der Waals surface area contributed by atoms with E-state index in [0.29, 0.717) is 23.1 Å². The van der Waals surface area contributed by atoms with Gasteiger partial charge in [-0.25, -0.2) is 4.98 Å². The maximum Gasteiger partial charge on any atom is 0.169 e. The lowest BCUT2D eigenvalue weighted by molar-refractivity contribution is -0.122. The zero-order valence-corrected chi connectivity index (χ0v) is 19.2. The SMILES string of the molecule is CC(=O)C(C)Oc1c(Cl)cccc1COc1ccc(OCc2ccc3ccccc3n2)cc1. The molecule has 1 aromatic heterocycles. The molecule has 4 aromatic rings. The number of carbonyl (C=O) groups is 1. The van der Waals surface area contributed by atoms with E-state index in [4.69, 9.17) is 25.8 Å². The Morgan fingerprint density at radius 1 is 0.879 bits per heavy atom. The molecule has 0 aliphatic rings. The van der Waals surface area contributed by atoms with Crippen LogP contribution in [0.1, 0.15) is 25.1 Å². The summed E-state index contributed by atoms with van der Waals surface area (Å²) in [7, 11) is 0. The summed E-state index contributed by atoms with van der Waals surface area (Å²) in [4.78, 5) is 16.2. The van der Waals surface area contributed by atoms with E-state index in [-0.39, 0.29) is 12.4 Å². The molecule has 0 N–H and O–H groups in total. The quantitative estimate of drug-likeness (QED) is 0.288. The number of hydrogen-bond acceptors (Lipinski definition) is 5. The number of pyridine rings is 1. The first-order valence-corrected chi connectivity index (χ1v) is 11.0. The molecule has 0 bridgehead atoms. The minimum atomic E-state index is -0.586. The van der Waals surface area contributed by atoms with Crippen LogP contribution in [-0.4, -0.2) is 16.9 Å². The van der Waals surface area contributed by atoms with Crippen LogP contribution in [0.2, 0.25) is 5.02 Å². The average Bonchev–Trinajstić information content (AvgIpc) is 2.83. The highest BCUT2D eigenvalue weighted by Crippen LogP contribution is 2.31. The smallest absolute Gasteiger partial charge is 0.169 e. The molecule has 33 heavy (non-hydrogen) atoms. The minimum absolute atomic E-state index is 0.0729. The summed E-state index contributed by atoms with van der Waals surface area (Å²) in [6, 6.07) is 24.8. The molecule has 168 valence electrons. The maximum absolute atomic E-state index is 11.6. The standard InChI is InChI=1S/C27H24ClNO4/c1-18(30)19(2)33-27-21(7-5-8-25(27)28)16-31-23-12-14-24(15-13-23)32-17-22-11-10-20-6-3-4-9-26(20)29-22/h3-15,19H,16-17H2,1-2H3. The molecule has 1 heterocycles. The van der Waals surface area contributed by atoms with Crippen LogP contribution in [0.3, 0.4) is 0 Å². The fourth-order valence-corrected chi connectivity index (χ4v) is 3.44. The van der Waals surface area contributed by atoms with Crippen LogP contribution in [0, 0.1) is 0 Å². The summed E-state index contributed by atoms with van der Waals surface area (Å²) < 4.78 is 17.5. The molecular formula is C27H24ClNO4. The number of carbonyl (C=O) groups excluding carboxylic acids is 1. The number of benzene rings is 3. The van der Waals surface area contributed by atoms with Crippen molar-refractivity contribution in [3.63, 3.8) is 0 Å². The van der Waals surface area contributed by atoms with E-state index >= 15 is 0 Å². The lowest BCUT2D eigenvalue weighted by Gasteiger charge is -2.17. The molecule has 0 radical (unpaired) electrons. The summed E-state index contributed by atoms with van der Waals surface area (Å²) in [5.74, 6) is 1.79. The Bertz CT molecular complexity index is 1260. The number of para-hydroxylation sites is 2. The van der Waals surface area contributed by atoms with Crippen molar-refractivity contribution in [1.29, 1.82) is 0 Å². The van der Waals surface area contributed by atoms with E-state index in [1.54, 1.807) is 13.0 Å². The van der Waals surface area contributed by atoms with Gasteiger partial charge in [0.2, 0.25) is 0 Å². The maximum atomic E-state index is 11.6. The minimum Gasteiger partial charge on any atom is -0.489 e. The molecule has 0 fully saturated rings. The summed E-state index contributed by atoms with van der Waals surface area (Å²) in [6.07, 6.45) is -0.586. The Labute approximate surface area is 197 Å². The molecule has 0 aliphatic heterocycles. The third-order valence-corrected chi connectivity index (χ3v) is 5.47. The fourth-order valence-electron chi connectivity index (χ4n) is 3.20. The molecular weight excluding hydrogens is 438 g/mol. The number of ketones is 1. The van der Waals surface area contributed by atoms with Gasteiger partial charge in [0, 0.05) is 10.9 Å². The number of ether oxygens (including phenoxy) is 3. The van der Waals surface area contributed by atoms with Crippen molar-refractivity contribution in [1.82, 2.24) is 4.98 Å². The number of rotatable bonds is 9. The zero-order valence-electron chi connectivity index (χ0n) is 18.5. The first-order valence-electron chi connectivity index (χ1n) is 10.6. The van der Waals surface area contributed by atoms with Gasteiger partial charge in [0.25, 0.3) is 0 Å². The highest BCUT2D eigenvalue weighted by Gasteiger charge is 2.15. The number of nitrogens with zero attached hydrogens (tertiary/aromatic N) is 1. The zero-order chi connectivity index (χ0) is 23.2. The lowest BCUT2D eigenvalue weighted by atomic mass is 10.2. The largest absolute Gasteiger partial charge is 0.489 e. The highest BCUT2D eigenvalue weighted by atomic mass is 35.5. The predicted octanol–water partition coefficient (Wildman–Crippen LogP) is 6.40. The molecule has 4 rings (SSSR count). The van der Waals surface area contributed by atoms with E-state index in [9.17, 15) is 4.79 Å². The van der Waals surface area contributed by atoms with E-state index < -0.39 is 6.10 Å². The van der Waals surface area contributed by atoms with Crippen LogP contribution in [0.15, 0.2) is 78.9 Å². The first kappa shape index (κ1) is 22.6. The van der Waals surface area contributed by atoms with Crippen molar-refractivity contribution in [2.24, 2.45) is 0 Å². The number of halogens is 1. The molecule has 0 aliphatic carbocycles. The van der Waals surface area contributed by atoms with Crippen LogP contribution in [0.25, 0.3) is 10.9 Å². The van der Waals surface area contributed by atoms with Crippen LogP contribution >= 0.6 is 11.6 Å². The van der Waals surface area contributed by atoms with Crippen LogP contribution in [0.4, 0.5) is 0 Å². The van der Waals surface area contributed by atoms with E-state index in [1.165, 1.54) is 6.92 Å². The van der Waals surface area contributed by atoms with E-state index in [1.807, 2.05) is 72.8 Å². The Balaban J connectivity index is 1.36. The van der Waals surface area contributed by atoms with Crippen molar-refractivity contribution in [3.8, 4) is 17.2 Å². The Morgan fingerprint density at radius 2 is 1.58 bits per heavy atom. The van der Waals surface area contributed by atoms with Gasteiger partial charge in [0.05, 0.1) is 16.2 Å². The first-order chi connectivity index (χ1) is 16.0. The van der Waals surface area contributed by atoms with Gasteiger partial charge in [-0.05, 0) is 56.3 Å². The molecule has 3 aromatic carbocycles. The Hall–Kier alpha value is -3.57. The predicted molar refractivity (Wildman–Crippen MR) is 129 cm³/mol. The van der Waals surface area contributed by atoms with Gasteiger partial charge >= 0.3 is 0 Å². The molecule has 0 spiro atoms. The van der Waals surface area contributed by atoms with Crippen molar-refractivity contribution >= 4 is 28.3 Å². The van der Waals surface area contributed by atoms with Gasteiger partial charge in [-0.2, -0.15) is 0 Å². The summed E-state index contributed by atoms with van der Waals surface area (Å²) in [5, 5.41) is 1.54. The normalized spacial score (nSPS) is 11.7. The third kappa shape index (κ3) is 5.82. The summed E-state index contributed by atoms with van der Waals surface area (Å²) in [6.45, 7) is 3.81. The van der Waals surface area contributed by atoms with Crippen molar-refractivity contribution in [3.05, 3.63) is 95.1 Å². The topological polar surface area (TPSA) is 57.7 Å². The number of fused-ring (bicyclic) bond motifs is 1. The van der Waals surface area contributed by atoms with Crippen molar-refractivity contribution in [2.75, 3.05) is 0 Å². The van der Waals surface area contributed by atoms with Gasteiger partial charge in [-0.3, -0.25) is 4.79 Å². The molecule has 6 heteroatoms. The van der Waals surface area contributed by atoms with Crippen molar-refractivity contribution in [2.45, 2.75) is 33.2 Å². The number of hydrogen-bond donors (Lipinski definition) is 0. The monoisotopic (exact) mass is 461 g/mol. The second kappa shape index (κ2) is 10.4. The third-order valence-electron chi connectivity index (χ3n) is 5.18. The van der Waals surface area contributed by atoms with Crippen LogP contribution in [-0.2, 0) is 18.0 Å². The average molecular weight is 462 g/mol. The van der Waals surface area contributed by atoms with Gasteiger partial charge in [0.1, 0.15) is 30.5 Å². The van der Waals surface area contributed by atoms with Crippen LogP contribution < -0.4 is 14.2 Å². The molecule has 0 amide bonds. The second-order valence-corrected chi connectivity index (χ2v) is 8.05. The molecule has 1 atom stereocenters. The summed E-state index contributed by atoms with van der Waals surface area (Å²) in [5.41, 5.74) is 2.57. The fraction of sp³-hybridized carbons (Fsp3) is 0.185. The van der Waals surface area contributed by atoms with E-state index in [0.717, 1.165) is 27.9 Å². The molecule has 1 unspecified atom stereocenters. The molecule has 0 saturated heterocycles. The second-order valence-electron chi connectivity index (χ2n) is 7.64. The van der Waals surface area contributed by atoms with Gasteiger partial charge in [-0.15, -0.1) is 0 Å². The molecule has 0 saturated carbocycles. The summed E-state index contributed by atoms with van der Waals surface area (Å²) >= 11 is 6.28. The van der Waals surface area contributed by atoms with Gasteiger partial charge < -0.3 is 14.2 Å². The number of aromatic nitrogens is 1. The lowest BCUT2D eigenvalue weighted by Crippen LogP contribution is -2.21. The van der Waals surface area contributed by atoms with E-state index in [2.05, 4.69) is 4.98 Å². The van der Waals surface area contributed by atoms with Crippen molar-refractivity contribution < 1.29 is 19.0 Å². The number of Topliss-reactive ketones (excluding diaryl/α,β-unsaturated/α-hetero) is 1. The Morgan fingerprint density at radius 3 is 2.30 bits per heavy atom. The van der Waals surface area contributed by atoms with Gasteiger partial charge in [-0.1, -0.05) is 48.0 Å². The highest BCUT2D eigenvalue weighted by molar-refractivity contribution is 6.32.